The number of β-amino-alcohol motifs (C(OH)–C–C–N with tert-alkyl or cyclic N) is 1. The van der Waals surface area contributed by atoms with Crippen molar-refractivity contribution in [3.8, 4) is 0 Å². The first-order valence-corrected chi connectivity index (χ1v) is 9.61. The number of carbonyl (C=O) groups is 1. The van der Waals surface area contributed by atoms with E-state index in [0.717, 1.165) is 22.0 Å². The summed E-state index contributed by atoms with van der Waals surface area (Å²) in [4.78, 5) is 16.0. The Hall–Kier alpha value is -2.28. The third-order valence-corrected chi connectivity index (χ3v) is 5.75. The number of alkyl halides is 3. The fourth-order valence-electron chi connectivity index (χ4n) is 4.38. The third kappa shape index (κ3) is 3.68. The fraction of sp³-hybridized carbons (Fsp3) is 0.476. The minimum absolute atomic E-state index is 0.0252. The number of aliphatic hydroxyl groups excluding tert-OH is 1. The van der Waals surface area contributed by atoms with E-state index in [2.05, 4.69) is 0 Å². The topological polar surface area (TPSA) is 43.8 Å². The summed E-state index contributed by atoms with van der Waals surface area (Å²) in [6, 6.07) is 11.8. The number of piperidine rings is 1. The first-order valence-electron chi connectivity index (χ1n) is 9.61. The number of aliphatic hydroxyl groups is 1. The van der Waals surface area contributed by atoms with Crippen LogP contribution >= 0.6 is 0 Å². The molecule has 1 amide bonds. The predicted molar refractivity (Wildman–Crippen MR) is 101 cm³/mol. The Bertz CT molecular complexity index is 884. The summed E-state index contributed by atoms with van der Waals surface area (Å²) < 4.78 is 39.2. The Morgan fingerprint density at radius 3 is 2.71 bits per heavy atom. The third-order valence-electron chi connectivity index (χ3n) is 5.75. The standard InChI is InChI=1S/C21H23F3N2O2/c22-21(23,24)16-5-3-9-25(11-16)19(28)13-26-12-17(27)10-15-8-7-14-4-1-2-6-18(14)20(15)26/h1-2,4,6-8,16-17,27H,3,5,9-13H2/t16-,17+/m0/s1. The minimum atomic E-state index is -4.27. The van der Waals surface area contributed by atoms with Crippen LogP contribution in [0.2, 0.25) is 0 Å². The maximum atomic E-state index is 13.1. The van der Waals surface area contributed by atoms with E-state index < -0.39 is 18.2 Å². The van der Waals surface area contributed by atoms with Gasteiger partial charge in [-0.05, 0) is 23.8 Å². The molecule has 1 N–H and O–H groups in total. The number of anilines is 1. The van der Waals surface area contributed by atoms with Crippen LogP contribution in [0.25, 0.3) is 10.8 Å². The molecule has 2 heterocycles. The average molecular weight is 392 g/mol. The quantitative estimate of drug-likeness (QED) is 0.852. The molecule has 0 saturated carbocycles. The van der Waals surface area contributed by atoms with Crippen molar-refractivity contribution in [2.45, 2.75) is 31.5 Å². The van der Waals surface area contributed by atoms with E-state index in [4.69, 9.17) is 0 Å². The van der Waals surface area contributed by atoms with Crippen molar-refractivity contribution in [2.75, 3.05) is 31.1 Å². The minimum Gasteiger partial charge on any atom is -0.391 e. The van der Waals surface area contributed by atoms with Crippen molar-refractivity contribution >= 4 is 22.4 Å². The molecule has 2 atom stereocenters. The molecule has 0 spiro atoms. The molecule has 7 heteroatoms. The summed E-state index contributed by atoms with van der Waals surface area (Å²) in [7, 11) is 0. The number of amides is 1. The maximum absolute atomic E-state index is 13.1. The molecule has 0 radical (unpaired) electrons. The van der Waals surface area contributed by atoms with Gasteiger partial charge in [-0.15, -0.1) is 0 Å². The number of fused-ring (bicyclic) bond motifs is 3. The lowest BCUT2D eigenvalue weighted by molar-refractivity contribution is -0.187. The second kappa shape index (κ2) is 7.28. The van der Waals surface area contributed by atoms with Crippen molar-refractivity contribution in [1.82, 2.24) is 4.90 Å². The SMILES string of the molecule is O=C(CN1C[C@H](O)Cc2ccc3ccccc3c21)N1CCC[C@H](C(F)(F)F)C1. The van der Waals surface area contributed by atoms with Gasteiger partial charge in [0.25, 0.3) is 0 Å². The molecule has 4 nitrogen and oxygen atoms in total. The molecule has 1 fully saturated rings. The highest BCUT2D eigenvalue weighted by molar-refractivity contribution is 5.98. The Labute approximate surface area is 161 Å². The first-order chi connectivity index (χ1) is 13.3. The highest BCUT2D eigenvalue weighted by Gasteiger charge is 2.43. The smallest absolute Gasteiger partial charge is 0.391 e. The van der Waals surface area contributed by atoms with E-state index in [1.54, 1.807) is 0 Å². The lowest BCUT2D eigenvalue weighted by Gasteiger charge is -2.38. The number of hydrogen-bond donors (Lipinski definition) is 1. The fourth-order valence-corrected chi connectivity index (χ4v) is 4.38. The highest BCUT2D eigenvalue weighted by atomic mass is 19.4. The summed E-state index contributed by atoms with van der Waals surface area (Å²) in [5.41, 5.74) is 1.86. The molecule has 0 aromatic heterocycles. The van der Waals surface area contributed by atoms with Crippen LogP contribution in [0.1, 0.15) is 18.4 Å². The van der Waals surface area contributed by atoms with Crippen LogP contribution in [0.4, 0.5) is 18.9 Å². The summed E-state index contributed by atoms with van der Waals surface area (Å²) in [6.45, 7) is 0.344. The van der Waals surface area contributed by atoms with Gasteiger partial charge in [-0.3, -0.25) is 4.79 Å². The lowest BCUT2D eigenvalue weighted by atomic mass is 9.94. The second-order valence-corrected chi connectivity index (χ2v) is 7.75. The molecule has 2 aliphatic heterocycles. The predicted octanol–water partition coefficient (Wildman–Crippen LogP) is 3.36. The van der Waals surface area contributed by atoms with Crippen molar-refractivity contribution < 1.29 is 23.1 Å². The van der Waals surface area contributed by atoms with Gasteiger partial charge >= 0.3 is 6.18 Å². The van der Waals surface area contributed by atoms with Crippen molar-refractivity contribution in [3.05, 3.63) is 42.0 Å². The number of likely N-dealkylation sites (tertiary alicyclic amines) is 1. The molecular weight excluding hydrogens is 369 g/mol. The van der Waals surface area contributed by atoms with Crippen LogP contribution < -0.4 is 4.90 Å². The summed E-state index contributed by atoms with van der Waals surface area (Å²) in [6.07, 6.45) is -3.94. The van der Waals surface area contributed by atoms with Gasteiger partial charge in [0.05, 0.1) is 18.6 Å². The van der Waals surface area contributed by atoms with Crippen LogP contribution in [0.5, 0.6) is 0 Å². The Balaban J connectivity index is 1.59. The number of carbonyl (C=O) groups excluding carboxylic acids is 1. The average Bonchev–Trinajstić information content (AvgIpc) is 2.66. The maximum Gasteiger partial charge on any atom is 0.393 e. The van der Waals surface area contributed by atoms with Crippen molar-refractivity contribution in [2.24, 2.45) is 5.92 Å². The van der Waals surface area contributed by atoms with Gasteiger partial charge in [0.2, 0.25) is 5.91 Å². The van der Waals surface area contributed by atoms with E-state index in [9.17, 15) is 23.1 Å². The molecule has 2 aromatic rings. The molecule has 0 unspecified atom stereocenters. The highest BCUT2D eigenvalue weighted by Crippen LogP contribution is 2.36. The van der Waals surface area contributed by atoms with E-state index >= 15 is 0 Å². The van der Waals surface area contributed by atoms with Crippen molar-refractivity contribution in [3.63, 3.8) is 0 Å². The van der Waals surface area contributed by atoms with Gasteiger partial charge in [-0.25, -0.2) is 0 Å². The normalized spacial score (nSPS) is 23.0. The van der Waals surface area contributed by atoms with E-state index in [-0.39, 0.29) is 25.4 Å². The number of hydrogen-bond acceptors (Lipinski definition) is 3. The monoisotopic (exact) mass is 392 g/mol. The van der Waals surface area contributed by atoms with Gasteiger partial charge in [0.1, 0.15) is 0 Å². The zero-order chi connectivity index (χ0) is 19.9. The summed E-state index contributed by atoms with van der Waals surface area (Å²) >= 11 is 0. The summed E-state index contributed by atoms with van der Waals surface area (Å²) in [5, 5.41) is 12.3. The molecule has 2 aromatic carbocycles. The van der Waals surface area contributed by atoms with Gasteiger partial charge in [-0.1, -0.05) is 36.4 Å². The number of benzene rings is 2. The molecule has 150 valence electrons. The van der Waals surface area contributed by atoms with Gasteiger partial charge in [0.15, 0.2) is 0 Å². The zero-order valence-electron chi connectivity index (χ0n) is 15.5. The zero-order valence-corrected chi connectivity index (χ0v) is 15.5. The van der Waals surface area contributed by atoms with Crippen LogP contribution in [0, 0.1) is 5.92 Å². The number of nitrogens with zero attached hydrogens (tertiary/aromatic N) is 2. The largest absolute Gasteiger partial charge is 0.393 e. The molecule has 0 bridgehead atoms. The van der Waals surface area contributed by atoms with Gasteiger partial charge < -0.3 is 14.9 Å². The first kappa shape index (κ1) is 19.1. The van der Waals surface area contributed by atoms with E-state index in [1.807, 2.05) is 41.3 Å². The number of halogens is 3. The van der Waals surface area contributed by atoms with Crippen molar-refractivity contribution in [1.29, 1.82) is 0 Å². The second-order valence-electron chi connectivity index (χ2n) is 7.75. The van der Waals surface area contributed by atoms with Crippen LogP contribution in [-0.2, 0) is 11.2 Å². The van der Waals surface area contributed by atoms with Gasteiger partial charge in [-0.2, -0.15) is 13.2 Å². The Morgan fingerprint density at radius 1 is 1.14 bits per heavy atom. The van der Waals surface area contributed by atoms with Crippen LogP contribution in [0.3, 0.4) is 0 Å². The molecule has 1 saturated heterocycles. The summed E-state index contributed by atoms with van der Waals surface area (Å²) in [5.74, 6) is -1.77. The molecule has 2 aliphatic rings. The van der Waals surface area contributed by atoms with Gasteiger partial charge in [0, 0.05) is 37.1 Å². The van der Waals surface area contributed by atoms with E-state index in [1.165, 1.54) is 4.90 Å². The van der Waals surface area contributed by atoms with E-state index in [0.29, 0.717) is 25.9 Å². The van der Waals surface area contributed by atoms with Crippen LogP contribution in [-0.4, -0.2) is 54.4 Å². The molecule has 28 heavy (non-hydrogen) atoms. The van der Waals surface area contributed by atoms with Crippen LogP contribution in [0.15, 0.2) is 36.4 Å². The number of rotatable bonds is 2. The lowest BCUT2D eigenvalue weighted by Crippen LogP contribution is -2.50. The Kier molecular flexibility index (Phi) is 4.95. The molecule has 4 rings (SSSR count). The molecule has 0 aliphatic carbocycles. The Morgan fingerprint density at radius 2 is 1.93 bits per heavy atom. The molecular formula is C21H23F3N2O2.